The van der Waals surface area contributed by atoms with Crippen LogP contribution in [0.25, 0.3) is 0 Å². The molecular formula is C14H14FN3. The maximum absolute atomic E-state index is 13.8. The van der Waals surface area contributed by atoms with Gasteiger partial charge in [-0.25, -0.2) is 0 Å². The summed E-state index contributed by atoms with van der Waals surface area (Å²) >= 11 is 0. The van der Waals surface area contributed by atoms with Gasteiger partial charge in [-0.05, 0) is 18.1 Å². The SMILES string of the molecule is CC[C@@H](c1ccccc1C#N)c1cn(C)nc1F. The summed E-state index contributed by atoms with van der Waals surface area (Å²) in [6.07, 6.45) is 2.40. The first-order valence-corrected chi connectivity index (χ1v) is 5.85. The standard InChI is InChI=1S/C14H14FN3/c1-3-11(13-9-18(2)17-14(13)15)12-7-5-4-6-10(12)8-16/h4-7,9,11H,3H2,1-2H3/t11-/m0/s1. The van der Waals surface area contributed by atoms with Gasteiger partial charge in [0.25, 0.3) is 0 Å². The lowest BCUT2D eigenvalue weighted by Crippen LogP contribution is -2.03. The molecule has 0 aliphatic heterocycles. The zero-order valence-corrected chi connectivity index (χ0v) is 10.4. The van der Waals surface area contributed by atoms with Crippen molar-refractivity contribution >= 4 is 0 Å². The Balaban J connectivity index is 2.52. The predicted molar refractivity (Wildman–Crippen MR) is 66.5 cm³/mol. The van der Waals surface area contributed by atoms with Gasteiger partial charge in [-0.3, -0.25) is 4.68 Å². The molecule has 1 atom stereocenters. The van der Waals surface area contributed by atoms with Crippen molar-refractivity contribution in [1.82, 2.24) is 9.78 Å². The third kappa shape index (κ3) is 2.12. The Morgan fingerprint density at radius 3 is 2.67 bits per heavy atom. The van der Waals surface area contributed by atoms with Crippen LogP contribution in [0.3, 0.4) is 0 Å². The first-order chi connectivity index (χ1) is 8.67. The van der Waals surface area contributed by atoms with Crippen LogP contribution in [0.2, 0.25) is 0 Å². The number of benzene rings is 1. The van der Waals surface area contributed by atoms with Gasteiger partial charge >= 0.3 is 0 Å². The molecule has 0 bridgehead atoms. The summed E-state index contributed by atoms with van der Waals surface area (Å²) in [5.41, 5.74) is 1.99. The van der Waals surface area contributed by atoms with Gasteiger partial charge in [0.05, 0.1) is 11.6 Å². The van der Waals surface area contributed by atoms with Crippen molar-refractivity contribution in [3.8, 4) is 6.07 Å². The number of nitrogens with zero attached hydrogens (tertiary/aromatic N) is 3. The molecule has 0 radical (unpaired) electrons. The van der Waals surface area contributed by atoms with E-state index in [2.05, 4.69) is 11.2 Å². The monoisotopic (exact) mass is 243 g/mol. The molecule has 0 saturated carbocycles. The molecule has 0 saturated heterocycles. The highest BCUT2D eigenvalue weighted by Gasteiger charge is 2.21. The number of hydrogen-bond acceptors (Lipinski definition) is 2. The lowest BCUT2D eigenvalue weighted by Gasteiger charge is -2.15. The molecule has 2 rings (SSSR count). The topological polar surface area (TPSA) is 41.6 Å². The summed E-state index contributed by atoms with van der Waals surface area (Å²) in [6, 6.07) is 9.47. The Morgan fingerprint density at radius 2 is 2.11 bits per heavy atom. The summed E-state index contributed by atoms with van der Waals surface area (Å²) in [4.78, 5) is 0. The lowest BCUT2D eigenvalue weighted by molar-refractivity contribution is 0.537. The first kappa shape index (κ1) is 12.3. The second-order valence-electron chi connectivity index (χ2n) is 4.21. The molecule has 4 heteroatoms. The van der Waals surface area contributed by atoms with E-state index in [1.165, 1.54) is 4.68 Å². The van der Waals surface area contributed by atoms with Gasteiger partial charge in [-0.2, -0.15) is 9.65 Å². The van der Waals surface area contributed by atoms with Gasteiger partial charge in [0, 0.05) is 24.7 Å². The van der Waals surface area contributed by atoms with E-state index >= 15 is 0 Å². The van der Waals surface area contributed by atoms with Crippen LogP contribution in [0.15, 0.2) is 30.5 Å². The Morgan fingerprint density at radius 1 is 1.39 bits per heavy atom. The zero-order chi connectivity index (χ0) is 13.1. The van der Waals surface area contributed by atoms with Crippen LogP contribution in [0, 0.1) is 17.3 Å². The molecule has 18 heavy (non-hydrogen) atoms. The lowest BCUT2D eigenvalue weighted by atomic mass is 9.88. The second-order valence-corrected chi connectivity index (χ2v) is 4.21. The maximum Gasteiger partial charge on any atom is 0.236 e. The molecule has 0 aliphatic rings. The molecule has 0 spiro atoms. The number of nitriles is 1. The van der Waals surface area contributed by atoms with Crippen LogP contribution in [0.4, 0.5) is 4.39 Å². The molecular weight excluding hydrogens is 229 g/mol. The quantitative estimate of drug-likeness (QED) is 0.831. The van der Waals surface area contributed by atoms with E-state index in [4.69, 9.17) is 5.26 Å². The van der Waals surface area contributed by atoms with Crippen LogP contribution in [-0.2, 0) is 7.05 Å². The molecule has 1 aromatic heterocycles. The molecule has 1 heterocycles. The molecule has 1 aromatic carbocycles. The molecule has 3 nitrogen and oxygen atoms in total. The summed E-state index contributed by atoms with van der Waals surface area (Å²) in [7, 11) is 1.69. The van der Waals surface area contributed by atoms with E-state index in [0.29, 0.717) is 11.1 Å². The molecule has 2 aromatic rings. The zero-order valence-electron chi connectivity index (χ0n) is 10.4. The molecule has 92 valence electrons. The van der Waals surface area contributed by atoms with Crippen molar-refractivity contribution in [2.24, 2.45) is 7.05 Å². The highest BCUT2D eigenvalue weighted by Crippen LogP contribution is 2.31. The van der Waals surface area contributed by atoms with Gasteiger partial charge in [0.15, 0.2) is 0 Å². The van der Waals surface area contributed by atoms with E-state index in [0.717, 1.165) is 12.0 Å². The number of halogens is 1. The minimum absolute atomic E-state index is 0.130. The minimum Gasteiger partial charge on any atom is -0.273 e. The smallest absolute Gasteiger partial charge is 0.236 e. The fraction of sp³-hybridized carbons (Fsp3) is 0.286. The average Bonchev–Trinajstić information content (AvgIpc) is 2.70. The van der Waals surface area contributed by atoms with E-state index < -0.39 is 5.95 Å². The Kier molecular flexibility index (Phi) is 3.42. The summed E-state index contributed by atoms with van der Waals surface area (Å²) in [6.45, 7) is 1.98. The first-order valence-electron chi connectivity index (χ1n) is 5.85. The third-order valence-corrected chi connectivity index (χ3v) is 3.05. The van der Waals surface area contributed by atoms with E-state index in [1.54, 1.807) is 19.3 Å². The molecule has 0 N–H and O–H groups in total. The average molecular weight is 243 g/mol. The van der Waals surface area contributed by atoms with Crippen molar-refractivity contribution < 1.29 is 4.39 Å². The third-order valence-electron chi connectivity index (χ3n) is 3.05. The van der Waals surface area contributed by atoms with Crippen LogP contribution in [0.5, 0.6) is 0 Å². The Bertz CT molecular complexity index is 595. The van der Waals surface area contributed by atoms with E-state index in [-0.39, 0.29) is 5.92 Å². The Labute approximate surface area is 105 Å². The van der Waals surface area contributed by atoms with Crippen molar-refractivity contribution in [1.29, 1.82) is 5.26 Å². The van der Waals surface area contributed by atoms with E-state index in [1.807, 2.05) is 25.1 Å². The predicted octanol–water partition coefficient (Wildman–Crippen LogP) is 2.97. The van der Waals surface area contributed by atoms with Crippen molar-refractivity contribution in [3.05, 3.63) is 53.1 Å². The van der Waals surface area contributed by atoms with E-state index in [9.17, 15) is 4.39 Å². The fourth-order valence-corrected chi connectivity index (χ4v) is 2.22. The molecule has 0 unspecified atom stereocenters. The highest BCUT2D eigenvalue weighted by molar-refractivity contribution is 5.43. The maximum atomic E-state index is 13.8. The summed E-state index contributed by atoms with van der Waals surface area (Å²) in [5, 5.41) is 12.8. The van der Waals surface area contributed by atoms with Crippen molar-refractivity contribution in [2.75, 3.05) is 0 Å². The van der Waals surface area contributed by atoms with Crippen LogP contribution >= 0.6 is 0 Å². The fourth-order valence-electron chi connectivity index (χ4n) is 2.22. The second kappa shape index (κ2) is 5.01. The largest absolute Gasteiger partial charge is 0.273 e. The molecule has 0 aliphatic carbocycles. The number of aromatic nitrogens is 2. The van der Waals surface area contributed by atoms with Crippen molar-refractivity contribution in [2.45, 2.75) is 19.3 Å². The molecule has 0 fully saturated rings. The van der Waals surface area contributed by atoms with Gasteiger partial charge < -0.3 is 0 Å². The van der Waals surface area contributed by atoms with Crippen LogP contribution < -0.4 is 0 Å². The Hall–Kier alpha value is -2.15. The normalized spacial score (nSPS) is 12.1. The number of rotatable bonds is 3. The number of aryl methyl sites for hydroxylation is 1. The van der Waals surface area contributed by atoms with Crippen LogP contribution in [0.1, 0.15) is 36.0 Å². The van der Waals surface area contributed by atoms with Gasteiger partial charge in [-0.15, -0.1) is 5.10 Å². The summed E-state index contributed by atoms with van der Waals surface area (Å²) in [5.74, 6) is -0.591. The van der Waals surface area contributed by atoms with Crippen LogP contribution in [-0.4, -0.2) is 9.78 Å². The number of hydrogen-bond donors (Lipinski definition) is 0. The van der Waals surface area contributed by atoms with Gasteiger partial charge in [0.2, 0.25) is 5.95 Å². The minimum atomic E-state index is -0.461. The van der Waals surface area contributed by atoms with Gasteiger partial charge in [0.1, 0.15) is 0 Å². The molecule has 0 amide bonds. The van der Waals surface area contributed by atoms with Crippen molar-refractivity contribution in [3.63, 3.8) is 0 Å². The highest BCUT2D eigenvalue weighted by atomic mass is 19.1. The van der Waals surface area contributed by atoms with Gasteiger partial charge in [-0.1, -0.05) is 25.1 Å². The summed E-state index contributed by atoms with van der Waals surface area (Å²) < 4.78 is 15.2.